The van der Waals surface area contributed by atoms with Crippen LogP contribution in [0.4, 0.5) is 11.6 Å². The Bertz CT molecular complexity index is 434. The Hall–Kier alpha value is -1.59. The first kappa shape index (κ1) is 13.5. The van der Waals surface area contributed by atoms with Gasteiger partial charge >= 0.3 is 37.4 Å². The molecule has 0 spiro atoms. The molecule has 0 unspecified atom stereocenters. The van der Waals surface area contributed by atoms with Gasteiger partial charge in [0.15, 0.2) is 0 Å². The Morgan fingerprint density at radius 3 is 1.82 bits per heavy atom. The van der Waals surface area contributed by atoms with Crippen molar-refractivity contribution in [2.75, 3.05) is 5.32 Å². The van der Waals surface area contributed by atoms with E-state index in [-0.39, 0.29) is 0 Å². The van der Waals surface area contributed by atoms with E-state index in [9.17, 15) is 0 Å². The van der Waals surface area contributed by atoms with Gasteiger partial charge in [-0.1, -0.05) is 12.1 Å². The van der Waals surface area contributed by atoms with Crippen LogP contribution in [0.2, 0.25) is 0 Å². The molecule has 0 aliphatic carbocycles. The summed E-state index contributed by atoms with van der Waals surface area (Å²) in [6.45, 7) is 0. The maximum atomic E-state index is 4.12. The molecule has 0 amide bonds. The smallest absolute Gasteiger partial charge is 0.131 e. The van der Waals surface area contributed by atoms with Gasteiger partial charge in [-0.15, -0.1) is 0 Å². The minimum atomic E-state index is 0.807. The van der Waals surface area contributed by atoms with Crippen molar-refractivity contribution in [3.63, 3.8) is 0 Å². The number of pyridine rings is 2. The minimum absolute atomic E-state index is 0.807. The van der Waals surface area contributed by atoms with Gasteiger partial charge in [0.2, 0.25) is 0 Å². The first-order valence-corrected chi connectivity index (χ1v) is 5.49. The summed E-state index contributed by atoms with van der Waals surface area (Å²) < 4.78 is 2.99. The Balaban J connectivity index is 0.000000317. The predicted molar refractivity (Wildman–Crippen MR) is 66.8 cm³/mol. The monoisotopic (exact) mass is 288 g/mol. The molecule has 0 aromatic carbocycles. The van der Waals surface area contributed by atoms with E-state index in [0.717, 1.165) is 11.6 Å². The van der Waals surface area contributed by atoms with Crippen LogP contribution < -0.4 is 5.32 Å². The van der Waals surface area contributed by atoms with Crippen molar-refractivity contribution in [2.24, 2.45) is 4.04 Å². The average molecular weight is 288 g/mol. The van der Waals surface area contributed by atoms with E-state index in [2.05, 4.69) is 47.5 Å². The van der Waals surface area contributed by atoms with E-state index < -0.39 is 0 Å². The summed E-state index contributed by atoms with van der Waals surface area (Å²) in [7, 11) is 0. The number of rotatable bonds is 2. The third-order valence-corrected chi connectivity index (χ3v) is 1.96. The van der Waals surface area contributed by atoms with Gasteiger partial charge in [0.25, 0.3) is 0 Å². The van der Waals surface area contributed by atoms with Crippen LogP contribution in [0, 0.1) is 0 Å². The molecule has 0 atom stereocenters. The molecule has 2 aromatic heterocycles. The summed E-state index contributed by atoms with van der Waals surface area (Å²) in [5.74, 6) is 1.61. The Kier molecular flexibility index (Phi) is 6.77. The largest absolute Gasteiger partial charge is 0.325 e. The van der Waals surface area contributed by atoms with E-state index >= 15 is 0 Å². The molecule has 2 heterocycles. The third-order valence-electron chi connectivity index (χ3n) is 1.62. The maximum absolute atomic E-state index is 4.12. The first-order valence-electron chi connectivity index (χ1n) is 4.62. The maximum Gasteiger partial charge on any atom is 0.131 e. The molecule has 17 heavy (non-hydrogen) atoms. The van der Waals surface area contributed by atoms with Crippen LogP contribution in [0.25, 0.3) is 0 Å². The molecule has 0 radical (unpaired) electrons. The van der Waals surface area contributed by atoms with Gasteiger partial charge in [0.1, 0.15) is 11.6 Å². The van der Waals surface area contributed by atoms with E-state index in [1.54, 1.807) is 12.4 Å². The fourth-order valence-corrected chi connectivity index (χ4v) is 1.00. The first-order chi connectivity index (χ1) is 8.36. The standard InChI is InChI=1S/C10H9N3.CNS.Co/c1-3-7-11-9(5-1)13-10-6-2-4-8-12-10;2-1-3;/h1-8H,(H,11,12,13);;/q;-1;+1. The number of thiocarbonyl (C=S) groups is 1. The second-order valence-electron chi connectivity index (χ2n) is 2.72. The number of nitrogens with zero attached hydrogens (tertiary/aromatic N) is 3. The molecule has 0 bridgehead atoms. The summed E-state index contributed by atoms with van der Waals surface area (Å²) in [5.41, 5.74) is 0. The predicted octanol–water partition coefficient (Wildman–Crippen LogP) is 2.77. The van der Waals surface area contributed by atoms with Crippen LogP contribution in [-0.4, -0.2) is 15.1 Å². The Morgan fingerprint density at radius 1 is 1.06 bits per heavy atom. The van der Waals surface area contributed by atoms with Crippen LogP contribution in [0.1, 0.15) is 0 Å². The molecule has 0 saturated carbocycles. The van der Waals surface area contributed by atoms with Crippen LogP contribution in [-0.2, 0) is 16.0 Å². The summed E-state index contributed by atoms with van der Waals surface area (Å²) >= 11 is 7.43. The van der Waals surface area contributed by atoms with Gasteiger partial charge in [0.05, 0.1) is 0 Å². The molecule has 0 fully saturated rings. The third kappa shape index (κ3) is 5.89. The minimum Gasteiger partial charge on any atom is -0.325 e. The Morgan fingerprint density at radius 2 is 1.53 bits per heavy atom. The molecule has 2 aromatic rings. The van der Waals surface area contributed by atoms with E-state index in [0.29, 0.717) is 0 Å². The zero-order chi connectivity index (χ0) is 12.3. The van der Waals surface area contributed by atoms with Gasteiger partial charge in [-0.05, 0) is 24.3 Å². The molecule has 1 N–H and O–H groups in total. The molecular weight excluding hydrogens is 279 g/mol. The van der Waals surface area contributed by atoms with Crippen molar-refractivity contribution in [1.82, 2.24) is 9.97 Å². The average Bonchev–Trinajstić information content (AvgIpc) is 2.41. The van der Waals surface area contributed by atoms with E-state index in [4.69, 9.17) is 0 Å². The molecule has 6 heteroatoms. The van der Waals surface area contributed by atoms with Crippen molar-refractivity contribution in [1.29, 1.82) is 0 Å². The summed E-state index contributed by atoms with van der Waals surface area (Å²) in [6, 6.07) is 11.4. The van der Waals surface area contributed by atoms with Crippen molar-refractivity contribution in [2.45, 2.75) is 0 Å². The van der Waals surface area contributed by atoms with Crippen molar-refractivity contribution in [3.8, 4) is 0 Å². The molecule has 4 nitrogen and oxygen atoms in total. The van der Waals surface area contributed by atoms with Gasteiger partial charge in [-0.3, -0.25) is 0 Å². The van der Waals surface area contributed by atoms with Crippen LogP contribution in [0.3, 0.4) is 0 Å². The molecule has 2 rings (SSSR count). The summed E-state index contributed by atoms with van der Waals surface area (Å²) in [6.07, 6.45) is 3.48. The summed E-state index contributed by atoms with van der Waals surface area (Å²) in [4.78, 5) is 8.25. The zero-order valence-corrected chi connectivity index (χ0v) is 10.6. The van der Waals surface area contributed by atoms with Crippen molar-refractivity contribution in [3.05, 3.63) is 48.8 Å². The second-order valence-corrected chi connectivity index (χ2v) is 3.14. The molecule has 0 saturated heterocycles. The summed E-state index contributed by atoms with van der Waals surface area (Å²) in [5, 5.41) is 5.08. The van der Waals surface area contributed by atoms with Crippen LogP contribution in [0.15, 0.2) is 52.8 Å². The quantitative estimate of drug-likeness (QED) is 0.682. The molecule has 0 aliphatic heterocycles. The number of anilines is 2. The molecule has 0 aliphatic rings. The van der Waals surface area contributed by atoms with Crippen molar-refractivity contribution >= 4 is 29.0 Å². The second kappa shape index (κ2) is 8.55. The topological polar surface area (TPSA) is 50.2 Å². The molecular formula is C11H9CoN4S. The van der Waals surface area contributed by atoms with Crippen LogP contribution >= 0.6 is 12.2 Å². The number of isothiocyanates is 1. The fourth-order valence-electron chi connectivity index (χ4n) is 1.00. The van der Waals surface area contributed by atoms with Gasteiger partial charge in [-0.2, -0.15) is 0 Å². The zero-order valence-electron chi connectivity index (χ0n) is 8.70. The van der Waals surface area contributed by atoms with E-state index in [1.807, 2.05) is 41.6 Å². The number of hydrogen-bond acceptors (Lipinski definition) is 5. The number of nitrogens with one attached hydrogen (secondary N) is 1. The SMILES string of the molecule is S=C=[N][Co].c1ccc(Nc2ccccn2)nc1. The van der Waals surface area contributed by atoms with Crippen LogP contribution in [0.5, 0.6) is 0 Å². The normalized spacial score (nSPS) is 8.35. The van der Waals surface area contributed by atoms with Gasteiger partial charge < -0.3 is 5.32 Å². The molecule has 88 valence electrons. The van der Waals surface area contributed by atoms with Gasteiger partial charge in [0, 0.05) is 12.4 Å². The Labute approximate surface area is 113 Å². The number of hydrogen-bond donors (Lipinski definition) is 1. The van der Waals surface area contributed by atoms with Gasteiger partial charge in [-0.25, -0.2) is 9.97 Å². The van der Waals surface area contributed by atoms with Crippen molar-refractivity contribution < 1.29 is 16.0 Å². The number of aromatic nitrogens is 2. The fraction of sp³-hybridized carbons (Fsp3) is 0. The van der Waals surface area contributed by atoms with E-state index in [1.165, 1.54) is 0 Å².